The summed E-state index contributed by atoms with van der Waals surface area (Å²) in [6, 6.07) is 10.8. The second-order valence-corrected chi connectivity index (χ2v) is 4.87. The van der Waals surface area contributed by atoms with Crippen molar-refractivity contribution in [3.05, 3.63) is 57.2 Å². The van der Waals surface area contributed by atoms with Crippen LogP contribution in [0, 0.1) is 15.2 Å². The van der Waals surface area contributed by atoms with Gasteiger partial charge in [-0.25, -0.2) is 4.39 Å². The van der Waals surface area contributed by atoms with Gasteiger partial charge in [0.25, 0.3) is 0 Å². The van der Waals surface area contributed by atoms with Gasteiger partial charge in [-0.3, -0.25) is 0 Å². The van der Waals surface area contributed by atoms with E-state index in [1.54, 1.807) is 22.6 Å². The van der Waals surface area contributed by atoms with Crippen molar-refractivity contribution in [1.29, 1.82) is 0 Å². The lowest BCUT2D eigenvalue weighted by atomic mass is 10.2. The minimum absolute atomic E-state index is 0.104. The van der Waals surface area contributed by atoms with Gasteiger partial charge in [0.2, 0.25) is 5.82 Å². The summed E-state index contributed by atoms with van der Waals surface area (Å²) in [6.45, 7) is 0.283. The highest BCUT2D eigenvalue weighted by molar-refractivity contribution is 14.1. The van der Waals surface area contributed by atoms with Gasteiger partial charge in [0.05, 0.1) is 10.7 Å². The van der Waals surface area contributed by atoms with Crippen LogP contribution in [0.15, 0.2) is 36.4 Å². The molecule has 0 aromatic heterocycles. The number of rotatable bonds is 4. The van der Waals surface area contributed by atoms with E-state index in [-0.39, 0.29) is 21.7 Å². The molecule has 0 fully saturated rings. The summed E-state index contributed by atoms with van der Waals surface area (Å²) in [4.78, 5) is 0. The zero-order valence-electron chi connectivity index (χ0n) is 10.1. The lowest BCUT2D eigenvalue weighted by molar-refractivity contribution is 0.294. The van der Waals surface area contributed by atoms with Gasteiger partial charge in [0.1, 0.15) is 12.4 Å². The van der Waals surface area contributed by atoms with E-state index in [0.717, 1.165) is 5.56 Å². The molecule has 0 aliphatic heterocycles. The maximum absolute atomic E-state index is 13.6. The largest absolute Gasteiger partial charge is 0.493 e. The van der Waals surface area contributed by atoms with Gasteiger partial charge >= 0.3 is 0 Å². The van der Waals surface area contributed by atoms with E-state index in [2.05, 4.69) is 0 Å². The number of halogens is 3. The molecule has 0 saturated carbocycles. The predicted octanol–water partition coefficient (Wildman–Crippen LogP) is 4.16. The Hall–Kier alpha value is -1.37. The van der Waals surface area contributed by atoms with E-state index in [4.69, 9.17) is 9.47 Å². The fourth-order valence-electron chi connectivity index (χ4n) is 1.55. The minimum Gasteiger partial charge on any atom is -0.493 e. The Labute approximate surface area is 123 Å². The Bertz CT molecular complexity index is 573. The van der Waals surface area contributed by atoms with Crippen LogP contribution in [-0.2, 0) is 6.61 Å². The first-order chi connectivity index (χ1) is 9.13. The fraction of sp³-hybridized carbons (Fsp3) is 0.143. The van der Waals surface area contributed by atoms with Crippen LogP contribution in [0.5, 0.6) is 11.5 Å². The molecule has 0 unspecified atom stereocenters. The molecule has 0 aliphatic carbocycles. The van der Waals surface area contributed by atoms with Crippen LogP contribution in [-0.4, -0.2) is 7.11 Å². The van der Waals surface area contributed by atoms with Gasteiger partial charge in [0.15, 0.2) is 11.6 Å². The van der Waals surface area contributed by atoms with Crippen LogP contribution >= 0.6 is 22.6 Å². The Morgan fingerprint density at radius 3 is 2.37 bits per heavy atom. The zero-order valence-corrected chi connectivity index (χ0v) is 12.3. The SMILES string of the molecule is COc1cc(OCc2ccccc2)c(I)c(F)c1F. The molecule has 0 spiro atoms. The molecular weight excluding hydrogens is 365 g/mol. The smallest absolute Gasteiger partial charge is 0.201 e. The van der Waals surface area contributed by atoms with Crippen molar-refractivity contribution in [1.82, 2.24) is 0 Å². The van der Waals surface area contributed by atoms with Gasteiger partial charge in [0, 0.05) is 6.07 Å². The van der Waals surface area contributed by atoms with Gasteiger partial charge in [-0.2, -0.15) is 4.39 Å². The van der Waals surface area contributed by atoms with E-state index in [1.165, 1.54) is 13.2 Å². The van der Waals surface area contributed by atoms with Crippen molar-refractivity contribution >= 4 is 22.6 Å². The van der Waals surface area contributed by atoms with Crippen LogP contribution in [0.1, 0.15) is 5.56 Å². The molecule has 2 nitrogen and oxygen atoms in total. The third-order valence-corrected chi connectivity index (χ3v) is 3.54. The highest BCUT2D eigenvalue weighted by Crippen LogP contribution is 2.32. The van der Waals surface area contributed by atoms with Crippen LogP contribution in [0.4, 0.5) is 8.78 Å². The number of methoxy groups -OCH3 is 1. The predicted molar refractivity (Wildman–Crippen MR) is 76.4 cm³/mol. The molecule has 0 heterocycles. The molecule has 0 N–H and O–H groups in total. The molecular formula is C14H11F2IO2. The topological polar surface area (TPSA) is 18.5 Å². The second-order valence-electron chi connectivity index (χ2n) is 3.79. The van der Waals surface area contributed by atoms with E-state index in [9.17, 15) is 8.78 Å². The van der Waals surface area contributed by atoms with Crippen molar-refractivity contribution in [3.63, 3.8) is 0 Å². The molecule has 0 bridgehead atoms. The Kier molecular flexibility index (Phi) is 4.57. The molecule has 0 aliphatic rings. The van der Waals surface area contributed by atoms with E-state index in [0.29, 0.717) is 0 Å². The third-order valence-electron chi connectivity index (χ3n) is 2.54. The average molecular weight is 376 g/mol. The van der Waals surface area contributed by atoms with Gasteiger partial charge < -0.3 is 9.47 Å². The molecule has 0 atom stereocenters. The Morgan fingerprint density at radius 1 is 1.05 bits per heavy atom. The lowest BCUT2D eigenvalue weighted by Gasteiger charge is -2.11. The van der Waals surface area contributed by atoms with E-state index in [1.807, 2.05) is 30.3 Å². The number of hydrogen-bond donors (Lipinski definition) is 0. The highest BCUT2D eigenvalue weighted by atomic mass is 127. The number of ether oxygens (including phenoxy) is 2. The van der Waals surface area contributed by atoms with Crippen molar-refractivity contribution in [2.45, 2.75) is 6.61 Å². The van der Waals surface area contributed by atoms with Crippen molar-refractivity contribution in [2.75, 3.05) is 7.11 Å². The average Bonchev–Trinajstić information content (AvgIpc) is 2.45. The van der Waals surface area contributed by atoms with E-state index >= 15 is 0 Å². The second kappa shape index (κ2) is 6.18. The fourth-order valence-corrected chi connectivity index (χ4v) is 2.10. The molecule has 5 heteroatoms. The first-order valence-electron chi connectivity index (χ1n) is 5.51. The van der Waals surface area contributed by atoms with Crippen molar-refractivity contribution in [2.24, 2.45) is 0 Å². The summed E-state index contributed by atoms with van der Waals surface area (Å²) in [5.74, 6) is -1.86. The highest BCUT2D eigenvalue weighted by Gasteiger charge is 2.18. The lowest BCUT2D eigenvalue weighted by Crippen LogP contribution is -2.02. The van der Waals surface area contributed by atoms with Gasteiger partial charge in [-0.05, 0) is 28.2 Å². The molecule has 19 heavy (non-hydrogen) atoms. The standard InChI is InChI=1S/C14H11F2IO2/c1-18-10-7-11(14(17)13(16)12(10)15)19-8-9-5-3-2-4-6-9/h2-7H,8H2,1H3. The maximum Gasteiger partial charge on any atom is 0.201 e. The summed E-state index contributed by atoms with van der Waals surface area (Å²) in [7, 11) is 1.28. The van der Waals surface area contributed by atoms with Crippen molar-refractivity contribution in [3.8, 4) is 11.5 Å². The van der Waals surface area contributed by atoms with Crippen LogP contribution in [0.3, 0.4) is 0 Å². The Balaban J connectivity index is 2.23. The van der Waals surface area contributed by atoms with E-state index < -0.39 is 11.6 Å². The molecule has 0 radical (unpaired) electrons. The summed E-state index contributed by atoms with van der Waals surface area (Å²) in [5.41, 5.74) is 0.946. The van der Waals surface area contributed by atoms with Crippen LogP contribution < -0.4 is 9.47 Å². The number of benzene rings is 2. The zero-order chi connectivity index (χ0) is 13.8. The number of hydrogen-bond acceptors (Lipinski definition) is 2. The molecule has 0 saturated heterocycles. The molecule has 2 aromatic rings. The van der Waals surface area contributed by atoms with Crippen LogP contribution in [0.2, 0.25) is 0 Å². The maximum atomic E-state index is 13.6. The van der Waals surface area contributed by atoms with Crippen LogP contribution in [0.25, 0.3) is 0 Å². The minimum atomic E-state index is -1.00. The summed E-state index contributed by atoms with van der Waals surface area (Å²) < 4.78 is 37.5. The molecule has 0 amide bonds. The molecule has 2 aromatic carbocycles. The molecule has 100 valence electrons. The quantitative estimate of drug-likeness (QED) is 0.590. The van der Waals surface area contributed by atoms with Gasteiger partial charge in [-0.1, -0.05) is 30.3 Å². The summed E-state index contributed by atoms with van der Waals surface area (Å²) >= 11 is 1.71. The summed E-state index contributed by atoms with van der Waals surface area (Å²) in [6.07, 6.45) is 0. The summed E-state index contributed by atoms with van der Waals surface area (Å²) in [5, 5.41) is 0. The third kappa shape index (κ3) is 3.15. The molecule has 2 rings (SSSR count). The normalized spacial score (nSPS) is 10.3. The van der Waals surface area contributed by atoms with Gasteiger partial charge in [-0.15, -0.1) is 0 Å². The first kappa shape index (κ1) is 14.0. The Morgan fingerprint density at radius 2 is 1.74 bits per heavy atom. The van der Waals surface area contributed by atoms with Crippen molar-refractivity contribution < 1.29 is 18.3 Å². The first-order valence-corrected chi connectivity index (χ1v) is 6.59. The monoisotopic (exact) mass is 376 g/mol.